The minimum Gasteiger partial charge on any atom is -0.480 e. The number of hydrogen-bond acceptors (Lipinski definition) is 3. The third kappa shape index (κ3) is 3.15. The molecule has 1 aliphatic heterocycles. The van der Waals surface area contributed by atoms with Crippen LogP contribution in [0.3, 0.4) is 0 Å². The summed E-state index contributed by atoms with van der Waals surface area (Å²) in [5.41, 5.74) is 0. The molecule has 7 heteroatoms. The van der Waals surface area contributed by atoms with Gasteiger partial charge in [0.25, 0.3) is 10.2 Å². The summed E-state index contributed by atoms with van der Waals surface area (Å²) in [5, 5.41) is 8.59. The maximum Gasteiger partial charge on any atom is 0.321 e. The smallest absolute Gasteiger partial charge is 0.321 e. The quantitative estimate of drug-likeness (QED) is 0.697. The Morgan fingerprint density at radius 1 is 1.60 bits per heavy atom. The number of hydrogen-bond donors (Lipinski definition) is 2. The summed E-state index contributed by atoms with van der Waals surface area (Å²) < 4.78 is 26.7. The Morgan fingerprint density at radius 2 is 2.20 bits per heavy atom. The molecular weight excluding hydrogens is 220 g/mol. The second-order valence-corrected chi connectivity index (χ2v) is 5.64. The van der Waals surface area contributed by atoms with Gasteiger partial charge in [-0.25, -0.2) is 0 Å². The van der Waals surface area contributed by atoms with Gasteiger partial charge in [0.05, 0.1) is 0 Å². The molecule has 0 bridgehead atoms. The van der Waals surface area contributed by atoms with Crippen molar-refractivity contribution in [2.24, 2.45) is 5.92 Å². The van der Waals surface area contributed by atoms with Crippen molar-refractivity contribution in [3.8, 4) is 0 Å². The Balaban J connectivity index is 2.63. The van der Waals surface area contributed by atoms with Gasteiger partial charge in [0, 0.05) is 13.1 Å². The van der Waals surface area contributed by atoms with E-state index in [4.69, 9.17) is 5.11 Å². The third-order valence-corrected chi connectivity index (χ3v) is 4.09. The fourth-order valence-corrected chi connectivity index (χ4v) is 2.95. The summed E-state index contributed by atoms with van der Waals surface area (Å²) >= 11 is 0. The van der Waals surface area contributed by atoms with E-state index in [9.17, 15) is 13.2 Å². The fourth-order valence-electron chi connectivity index (χ4n) is 1.46. The summed E-state index contributed by atoms with van der Waals surface area (Å²) in [6, 6.07) is -1.09. The number of carbonyl (C=O) groups is 1. The van der Waals surface area contributed by atoms with E-state index in [-0.39, 0.29) is 0 Å². The first-order valence-corrected chi connectivity index (χ1v) is 6.27. The van der Waals surface area contributed by atoms with Gasteiger partial charge in [-0.3, -0.25) is 4.79 Å². The lowest BCUT2D eigenvalue weighted by Crippen LogP contribution is -2.46. The molecule has 0 aliphatic carbocycles. The predicted octanol–water partition coefficient (Wildman–Crippen LogP) is -0.364. The van der Waals surface area contributed by atoms with Crippen LogP contribution in [-0.4, -0.2) is 42.9 Å². The minimum absolute atomic E-state index is 0.335. The minimum atomic E-state index is -3.63. The summed E-state index contributed by atoms with van der Waals surface area (Å²) in [5.74, 6) is -0.840. The molecule has 0 spiro atoms. The molecule has 1 heterocycles. The molecule has 0 amide bonds. The van der Waals surface area contributed by atoms with E-state index in [2.05, 4.69) is 4.72 Å². The highest BCUT2D eigenvalue weighted by Crippen LogP contribution is 2.17. The van der Waals surface area contributed by atoms with E-state index < -0.39 is 22.2 Å². The highest BCUT2D eigenvalue weighted by Gasteiger charge is 2.31. The Hall–Kier alpha value is -0.660. The fraction of sp³-hybridized carbons (Fsp3) is 0.875. The van der Waals surface area contributed by atoms with E-state index in [0.717, 1.165) is 6.42 Å². The lowest BCUT2D eigenvalue weighted by molar-refractivity contribution is -0.138. The lowest BCUT2D eigenvalue weighted by atomic mass is 10.2. The molecule has 0 radical (unpaired) electrons. The van der Waals surface area contributed by atoms with Gasteiger partial charge in [0.2, 0.25) is 0 Å². The monoisotopic (exact) mass is 236 g/mol. The van der Waals surface area contributed by atoms with Gasteiger partial charge in [-0.15, -0.1) is 0 Å². The Labute approximate surface area is 89.4 Å². The van der Waals surface area contributed by atoms with Gasteiger partial charge >= 0.3 is 5.97 Å². The van der Waals surface area contributed by atoms with Crippen LogP contribution in [0.2, 0.25) is 0 Å². The van der Waals surface area contributed by atoms with Crippen molar-refractivity contribution < 1.29 is 18.3 Å². The van der Waals surface area contributed by atoms with Crippen LogP contribution in [0.25, 0.3) is 0 Å². The second-order valence-electron chi connectivity index (χ2n) is 3.93. The van der Waals surface area contributed by atoms with Crippen LogP contribution in [0.1, 0.15) is 20.3 Å². The zero-order valence-electron chi connectivity index (χ0n) is 8.80. The van der Waals surface area contributed by atoms with Gasteiger partial charge in [0.15, 0.2) is 0 Å². The Morgan fingerprint density at radius 3 is 2.60 bits per heavy atom. The van der Waals surface area contributed by atoms with Crippen molar-refractivity contribution in [3.05, 3.63) is 0 Å². The largest absolute Gasteiger partial charge is 0.480 e. The lowest BCUT2D eigenvalue weighted by Gasteiger charge is -2.18. The molecule has 0 aromatic heterocycles. The van der Waals surface area contributed by atoms with E-state index >= 15 is 0 Å². The molecule has 1 unspecified atom stereocenters. The van der Waals surface area contributed by atoms with E-state index in [1.807, 2.05) is 6.92 Å². The van der Waals surface area contributed by atoms with E-state index in [0.29, 0.717) is 19.0 Å². The van der Waals surface area contributed by atoms with Gasteiger partial charge in [0.1, 0.15) is 6.04 Å². The van der Waals surface area contributed by atoms with Gasteiger partial charge < -0.3 is 5.11 Å². The zero-order valence-corrected chi connectivity index (χ0v) is 9.62. The van der Waals surface area contributed by atoms with Crippen LogP contribution in [0.5, 0.6) is 0 Å². The Kier molecular flexibility index (Phi) is 3.69. The topological polar surface area (TPSA) is 86.7 Å². The maximum absolute atomic E-state index is 11.6. The van der Waals surface area contributed by atoms with Gasteiger partial charge in [-0.2, -0.15) is 17.4 Å². The first kappa shape index (κ1) is 12.4. The molecular formula is C8H16N2O4S. The molecule has 0 aromatic rings. The third-order valence-electron chi connectivity index (χ3n) is 2.42. The SMILES string of the molecule is CC1CCN(S(=O)(=O)N[C@H](C)C(=O)O)C1. The molecule has 88 valence electrons. The number of rotatable bonds is 4. The average Bonchev–Trinajstić information content (AvgIpc) is 2.51. The average molecular weight is 236 g/mol. The normalized spacial score (nSPS) is 25.3. The molecule has 2 N–H and O–H groups in total. The van der Waals surface area contributed by atoms with Gasteiger partial charge in [-0.1, -0.05) is 6.92 Å². The number of nitrogens with one attached hydrogen (secondary N) is 1. The molecule has 15 heavy (non-hydrogen) atoms. The summed E-state index contributed by atoms with van der Waals surface area (Å²) in [6.45, 7) is 4.19. The first-order chi connectivity index (χ1) is 6.83. The summed E-state index contributed by atoms with van der Waals surface area (Å²) in [7, 11) is -3.63. The van der Waals surface area contributed by atoms with E-state index in [1.54, 1.807) is 0 Å². The number of nitrogens with zero attached hydrogens (tertiary/aromatic N) is 1. The molecule has 6 nitrogen and oxygen atoms in total. The van der Waals surface area contributed by atoms with Crippen LogP contribution in [0.15, 0.2) is 0 Å². The maximum atomic E-state index is 11.6. The molecule has 0 aromatic carbocycles. The Bertz CT molecular complexity index is 341. The van der Waals surface area contributed by atoms with E-state index in [1.165, 1.54) is 11.2 Å². The highest BCUT2D eigenvalue weighted by atomic mass is 32.2. The summed E-state index contributed by atoms with van der Waals surface area (Å²) in [4.78, 5) is 10.5. The molecule has 1 saturated heterocycles. The molecule has 2 atom stereocenters. The van der Waals surface area contributed by atoms with Crippen LogP contribution in [0.4, 0.5) is 0 Å². The van der Waals surface area contributed by atoms with Crippen molar-refractivity contribution in [1.82, 2.24) is 9.03 Å². The van der Waals surface area contributed by atoms with Gasteiger partial charge in [-0.05, 0) is 19.3 Å². The molecule has 1 rings (SSSR count). The van der Waals surface area contributed by atoms with Crippen molar-refractivity contribution in [2.75, 3.05) is 13.1 Å². The van der Waals surface area contributed by atoms with Crippen LogP contribution in [-0.2, 0) is 15.0 Å². The van der Waals surface area contributed by atoms with Crippen molar-refractivity contribution in [3.63, 3.8) is 0 Å². The van der Waals surface area contributed by atoms with Crippen molar-refractivity contribution in [1.29, 1.82) is 0 Å². The number of carboxylic acid groups (broad SMARTS) is 1. The van der Waals surface area contributed by atoms with Crippen molar-refractivity contribution >= 4 is 16.2 Å². The highest BCUT2D eigenvalue weighted by molar-refractivity contribution is 7.87. The predicted molar refractivity (Wildman–Crippen MR) is 54.5 cm³/mol. The summed E-state index contributed by atoms with van der Waals surface area (Å²) in [6.07, 6.45) is 0.822. The molecule has 0 saturated carbocycles. The van der Waals surface area contributed by atoms with Crippen LogP contribution in [0, 0.1) is 5.92 Å². The van der Waals surface area contributed by atoms with Crippen LogP contribution >= 0.6 is 0 Å². The van der Waals surface area contributed by atoms with Crippen molar-refractivity contribution in [2.45, 2.75) is 26.3 Å². The number of carboxylic acids is 1. The standard InChI is InChI=1S/C8H16N2O4S/c1-6-3-4-10(5-6)15(13,14)9-7(2)8(11)12/h6-7,9H,3-5H2,1-2H3,(H,11,12)/t6?,7-/m1/s1. The molecule has 1 fully saturated rings. The first-order valence-electron chi connectivity index (χ1n) is 4.83. The zero-order chi connectivity index (χ0) is 11.6. The molecule has 1 aliphatic rings. The number of aliphatic carboxylic acids is 1. The second kappa shape index (κ2) is 4.46. The van der Waals surface area contributed by atoms with Crippen LogP contribution < -0.4 is 4.72 Å².